The third-order valence-corrected chi connectivity index (χ3v) is 9.53. The largest absolute Gasteiger partial charge is 0.385 e. The van der Waals surface area contributed by atoms with Gasteiger partial charge >= 0.3 is 0 Å². The number of hydrogen-bond donors (Lipinski definition) is 2. The number of rotatable bonds is 14. The van der Waals surface area contributed by atoms with Gasteiger partial charge in [0.1, 0.15) is 5.82 Å². The normalized spacial score (nSPS) is 16.8. The van der Waals surface area contributed by atoms with Crippen molar-refractivity contribution in [3.63, 3.8) is 0 Å². The molecule has 2 atom stereocenters. The molecule has 0 saturated carbocycles. The summed E-state index contributed by atoms with van der Waals surface area (Å²) in [4.78, 5) is 4.32. The number of hydrogen-bond acceptors (Lipinski definition) is 3. The molecule has 3 nitrogen and oxygen atoms in total. The van der Waals surface area contributed by atoms with E-state index in [1.165, 1.54) is 51.9 Å². The summed E-state index contributed by atoms with van der Waals surface area (Å²) in [7, 11) is 0. The first-order chi connectivity index (χ1) is 27.5. The first-order valence-electron chi connectivity index (χ1n) is 20.7. The molecular formula is C53H67N3. The third kappa shape index (κ3) is 16.9. The zero-order chi connectivity index (χ0) is 40.2. The predicted molar refractivity (Wildman–Crippen MR) is 249 cm³/mol. The summed E-state index contributed by atoms with van der Waals surface area (Å²) in [6, 6.07) is 25.9. The summed E-state index contributed by atoms with van der Waals surface area (Å²) in [5.41, 5.74) is 10.1. The number of nitrogens with zero attached hydrogens (tertiary/aromatic N) is 1. The predicted octanol–water partition coefficient (Wildman–Crippen LogP) is 14.9. The molecule has 56 heavy (non-hydrogen) atoms. The molecule has 3 aromatic rings. The molecule has 0 spiro atoms. The monoisotopic (exact) mass is 746 g/mol. The van der Waals surface area contributed by atoms with Gasteiger partial charge in [-0.25, -0.2) is 4.99 Å². The minimum Gasteiger partial charge on any atom is -0.385 e. The van der Waals surface area contributed by atoms with E-state index in [1.54, 1.807) is 0 Å². The highest BCUT2D eigenvalue weighted by atomic mass is 15.0. The van der Waals surface area contributed by atoms with Crippen LogP contribution in [0.1, 0.15) is 94.7 Å². The van der Waals surface area contributed by atoms with Gasteiger partial charge in [-0.05, 0) is 118 Å². The topological polar surface area (TPSA) is 36.4 Å². The van der Waals surface area contributed by atoms with Crippen molar-refractivity contribution in [3.05, 3.63) is 198 Å². The van der Waals surface area contributed by atoms with Crippen LogP contribution in [0.25, 0.3) is 11.1 Å². The third-order valence-electron chi connectivity index (χ3n) is 9.53. The van der Waals surface area contributed by atoms with Crippen LogP contribution in [0, 0.1) is 19.8 Å². The molecule has 0 saturated heterocycles. The molecule has 0 radical (unpaired) electrons. The van der Waals surface area contributed by atoms with Crippen LogP contribution >= 0.6 is 0 Å². The summed E-state index contributed by atoms with van der Waals surface area (Å²) in [6.07, 6.45) is 38.9. The van der Waals surface area contributed by atoms with Crippen LogP contribution in [0.5, 0.6) is 0 Å². The second-order valence-corrected chi connectivity index (χ2v) is 14.1. The van der Waals surface area contributed by atoms with E-state index >= 15 is 0 Å². The van der Waals surface area contributed by atoms with Gasteiger partial charge in [-0.3, -0.25) is 0 Å². The second-order valence-electron chi connectivity index (χ2n) is 14.1. The van der Waals surface area contributed by atoms with E-state index in [0.717, 1.165) is 56.6 Å². The van der Waals surface area contributed by atoms with E-state index < -0.39 is 0 Å². The number of aliphatic imine (C=N–C) groups is 1. The molecule has 3 heteroatoms. The first kappa shape index (κ1) is 45.0. The highest BCUT2D eigenvalue weighted by Gasteiger charge is 2.19. The number of nitrogens with one attached hydrogen (secondary N) is 2. The van der Waals surface area contributed by atoms with Crippen LogP contribution in [-0.4, -0.2) is 13.3 Å². The maximum Gasteiger partial charge on any atom is 0.125 e. The standard InChI is InChI=1S/C38H45N3.C7H8.C6H8.C2H6/c1-5-6-7-8-9-12-25-40-37-28-33(23-21-30(37)3)32-17-14-18-34(27-32)35-19-10-11-20-36(35)41-38(39-4)24-22-31-16-13-15-29(2)26-31;1-7-5-3-2-4-6-7;1-2-4-6-5-3-1;1-2/h5,8-11,13-18,20-21,23-24,27-29,35,40-41H,1,4,6-7,12,19,22,25-26H2,2-3H3;2-6H,1H3;1-4H,5-6H2;1-2H3/b9-8?,38-24+;;;. The zero-order valence-electron chi connectivity index (χ0n) is 34.9. The maximum atomic E-state index is 4.32. The van der Waals surface area contributed by atoms with Gasteiger partial charge < -0.3 is 10.6 Å². The molecule has 6 rings (SSSR count). The van der Waals surface area contributed by atoms with Gasteiger partial charge in [-0.2, -0.15) is 0 Å². The average Bonchev–Trinajstić information content (AvgIpc) is 3.25. The first-order valence-corrected chi connectivity index (χ1v) is 20.7. The molecular weight excluding hydrogens is 679 g/mol. The number of benzene rings is 3. The van der Waals surface area contributed by atoms with Crippen LogP contribution in [0.3, 0.4) is 0 Å². The van der Waals surface area contributed by atoms with Crippen molar-refractivity contribution >= 4 is 12.4 Å². The van der Waals surface area contributed by atoms with E-state index in [-0.39, 0.29) is 5.92 Å². The van der Waals surface area contributed by atoms with Crippen LogP contribution in [0.4, 0.5) is 5.69 Å². The Morgan fingerprint density at radius 1 is 0.804 bits per heavy atom. The van der Waals surface area contributed by atoms with Gasteiger partial charge in [0.15, 0.2) is 0 Å². The molecule has 294 valence electrons. The number of aryl methyl sites for hydroxylation is 2. The fraction of sp³-hybridized carbons (Fsp3) is 0.302. The van der Waals surface area contributed by atoms with Crippen molar-refractivity contribution in [2.45, 2.75) is 91.9 Å². The van der Waals surface area contributed by atoms with Crippen LogP contribution in [0.2, 0.25) is 0 Å². The van der Waals surface area contributed by atoms with Crippen LogP contribution in [0.15, 0.2) is 187 Å². The average molecular weight is 746 g/mol. The number of unbranched alkanes of at least 4 members (excludes halogenated alkanes) is 1. The van der Waals surface area contributed by atoms with E-state index in [4.69, 9.17) is 0 Å². The number of allylic oxidation sites excluding steroid dienone is 15. The fourth-order valence-electron chi connectivity index (χ4n) is 6.43. The van der Waals surface area contributed by atoms with Gasteiger partial charge in [0.2, 0.25) is 0 Å². The zero-order valence-corrected chi connectivity index (χ0v) is 34.9. The smallest absolute Gasteiger partial charge is 0.125 e. The molecule has 2 N–H and O–H groups in total. The minimum absolute atomic E-state index is 0.234. The van der Waals surface area contributed by atoms with E-state index in [1.807, 2.05) is 38.1 Å². The summed E-state index contributed by atoms with van der Waals surface area (Å²) in [5.74, 6) is 1.65. The van der Waals surface area contributed by atoms with E-state index in [2.05, 4.69) is 183 Å². The molecule has 2 unspecified atom stereocenters. The van der Waals surface area contributed by atoms with Crippen molar-refractivity contribution in [1.29, 1.82) is 0 Å². The Hall–Kier alpha value is -5.41. The molecule has 0 aromatic heterocycles. The van der Waals surface area contributed by atoms with E-state index in [0.29, 0.717) is 5.92 Å². The Bertz CT molecular complexity index is 1850. The molecule has 0 bridgehead atoms. The Morgan fingerprint density at radius 3 is 2.21 bits per heavy atom. The SMILES string of the molecule is C1=CCCC=C1.C=CCCC=CCCNc1cc(-c2cccc(C3CC=CC=C3N/C(=C/CC3=CC=CC(C)C3)N=C)c2)ccc1C.CC.Cc1ccccc1. The molecule has 3 aliphatic rings. The van der Waals surface area contributed by atoms with Gasteiger partial charge in [0.05, 0.1) is 0 Å². The van der Waals surface area contributed by atoms with Gasteiger partial charge in [-0.1, -0.05) is 172 Å². The number of anilines is 1. The molecule has 0 fully saturated rings. The summed E-state index contributed by atoms with van der Waals surface area (Å²) >= 11 is 0. The Morgan fingerprint density at radius 2 is 1.55 bits per heavy atom. The van der Waals surface area contributed by atoms with Crippen molar-refractivity contribution < 1.29 is 0 Å². The second kappa shape index (κ2) is 27.2. The summed E-state index contributed by atoms with van der Waals surface area (Å²) in [5, 5.41) is 7.24. The minimum atomic E-state index is 0.234. The lowest BCUT2D eigenvalue weighted by molar-refractivity contribution is 0.693. The van der Waals surface area contributed by atoms with E-state index in [9.17, 15) is 0 Å². The quantitative estimate of drug-likeness (QED) is 0.0979. The Kier molecular flexibility index (Phi) is 21.9. The van der Waals surface area contributed by atoms with Crippen molar-refractivity contribution in [2.75, 3.05) is 11.9 Å². The highest BCUT2D eigenvalue weighted by molar-refractivity contribution is 5.71. The van der Waals surface area contributed by atoms with Crippen LogP contribution < -0.4 is 10.6 Å². The van der Waals surface area contributed by atoms with Crippen molar-refractivity contribution in [2.24, 2.45) is 10.9 Å². The highest BCUT2D eigenvalue weighted by Crippen LogP contribution is 2.34. The fourth-order valence-corrected chi connectivity index (χ4v) is 6.43. The molecule has 3 aromatic carbocycles. The molecule has 0 heterocycles. The Labute approximate surface area is 340 Å². The molecule has 0 aliphatic heterocycles. The van der Waals surface area contributed by atoms with Crippen molar-refractivity contribution in [1.82, 2.24) is 5.32 Å². The van der Waals surface area contributed by atoms with Gasteiger partial charge in [-0.15, -0.1) is 6.58 Å². The summed E-state index contributed by atoms with van der Waals surface area (Å²) in [6.45, 7) is 19.1. The van der Waals surface area contributed by atoms with Gasteiger partial charge in [0, 0.05) is 23.8 Å². The maximum absolute atomic E-state index is 4.32. The Balaban J connectivity index is 0.000000466. The molecule has 3 aliphatic carbocycles. The van der Waals surface area contributed by atoms with Crippen LogP contribution in [-0.2, 0) is 0 Å². The van der Waals surface area contributed by atoms with Gasteiger partial charge in [0.25, 0.3) is 0 Å². The van der Waals surface area contributed by atoms with Crippen molar-refractivity contribution in [3.8, 4) is 11.1 Å². The molecule has 0 amide bonds. The lowest BCUT2D eigenvalue weighted by Gasteiger charge is -2.24. The lowest BCUT2D eigenvalue weighted by Crippen LogP contribution is -2.19. The lowest BCUT2D eigenvalue weighted by atomic mass is 9.87. The summed E-state index contributed by atoms with van der Waals surface area (Å²) < 4.78 is 0.